The number of carboxylic acids is 1. The highest BCUT2D eigenvalue weighted by atomic mass is 35.7. The number of carbonyl (C=O) groups is 1. The number of nitrogens with zero attached hydrogens (tertiary/aromatic N) is 1. The number of methoxy groups -OCH3 is 1. The second kappa shape index (κ2) is 4.78. The number of carboxylic acid groups (broad SMARTS) is 1. The monoisotopic (exact) mass is 295 g/mol. The van der Waals surface area contributed by atoms with E-state index in [0.717, 1.165) is 7.11 Å². The van der Waals surface area contributed by atoms with Crippen LogP contribution in [0.1, 0.15) is 10.4 Å². The molecule has 0 saturated carbocycles. The molecule has 0 aromatic heterocycles. The predicted octanol–water partition coefficient (Wildman–Crippen LogP) is 1.23. The molecule has 0 aliphatic heterocycles. The van der Waals surface area contributed by atoms with Crippen LogP contribution in [0, 0.1) is 10.1 Å². The number of rotatable bonds is 4. The van der Waals surface area contributed by atoms with Crippen molar-refractivity contribution in [1.82, 2.24) is 0 Å². The van der Waals surface area contributed by atoms with E-state index in [4.69, 9.17) is 15.8 Å². The summed E-state index contributed by atoms with van der Waals surface area (Å²) in [6.07, 6.45) is 0. The van der Waals surface area contributed by atoms with Crippen molar-refractivity contribution in [3.63, 3.8) is 0 Å². The smallest absolute Gasteiger partial charge is 0.339 e. The Kier molecular flexibility index (Phi) is 3.77. The normalized spacial score (nSPS) is 11.0. The zero-order valence-corrected chi connectivity index (χ0v) is 10.4. The number of hydrogen-bond donors (Lipinski definition) is 1. The highest BCUT2D eigenvalue weighted by Crippen LogP contribution is 2.34. The molecule has 0 saturated heterocycles. The summed E-state index contributed by atoms with van der Waals surface area (Å²) in [6, 6.07) is 1.32. The third-order valence-electron chi connectivity index (χ3n) is 1.96. The van der Waals surface area contributed by atoms with Gasteiger partial charge < -0.3 is 9.84 Å². The average molecular weight is 296 g/mol. The molecule has 8 nitrogen and oxygen atoms in total. The van der Waals surface area contributed by atoms with E-state index in [0.29, 0.717) is 12.1 Å². The minimum atomic E-state index is -4.29. The number of halogens is 1. The van der Waals surface area contributed by atoms with Crippen LogP contribution in [0.15, 0.2) is 17.0 Å². The number of aromatic carboxylic acids is 1. The highest BCUT2D eigenvalue weighted by Gasteiger charge is 2.27. The first-order valence-electron chi connectivity index (χ1n) is 4.23. The molecular weight excluding hydrogens is 290 g/mol. The molecule has 1 aromatic carbocycles. The van der Waals surface area contributed by atoms with Gasteiger partial charge in [-0.05, 0) is 6.07 Å². The molecule has 0 radical (unpaired) electrons. The van der Waals surface area contributed by atoms with Gasteiger partial charge in [-0.3, -0.25) is 10.1 Å². The summed E-state index contributed by atoms with van der Waals surface area (Å²) in [4.78, 5) is 20.0. The van der Waals surface area contributed by atoms with E-state index >= 15 is 0 Å². The van der Waals surface area contributed by atoms with Crippen LogP contribution in [0.5, 0.6) is 5.75 Å². The average Bonchev–Trinajstić information content (AvgIpc) is 2.25. The van der Waals surface area contributed by atoms with Gasteiger partial charge >= 0.3 is 11.7 Å². The van der Waals surface area contributed by atoms with E-state index in [2.05, 4.69) is 4.74 Å². The minimum absolute atomic E-state index is 0.545. The first-order valence-corrected chi connectivity index (χ1v) is 6.53. The molecule has 98 valence electrons. The number of benzene rings is 1. The number of ether oxygens (including phenoxy) is 1. The predicted molar refractivity (Wildman–Crippen MR) is 59.6 cm³/mol. The molecule has 0 aliphatic carbocycles. The molecule has 10 heteroatoms. The van der Waals surface area contributed by atoms with E-state index in [1.807, 2.05) is 0 Å². The molecular formula is C8H6ClNO7S. The lowest BCUT2D eigenvalue weighted by molar-refractivity contribution is -0.386. The van der Waals surface area contributed by atoms with Crippen LogP contribution in [0.4, 0.5) is 5.69 Å². The van der Waals surface area contributed by atoms with E-state index in [1.165, 1.54) is 0 Å². The highest BCUT2D eigenvalue weighted by molar-refractivity contribution is 8.13. The summed E-state index contributed by atoms with van der Waals surface area (Å²) in [7, 11) is 1.76. The molecule has 1 rings (SSSR count). The van der Waals surface area contributed by atoms with Crippen molar-refractivity contribution in [3.8, 4) is 5.75 Å². The standard InChI is InChI=1S/C8H6ClNO7S/c1-17-7-5(8(11)12)2-4(18(9,15)16)3-6(7)10(13)14/h2-3H,1H3,(H,11,12). The third kappa shape index (κ3) is 2.68. The van der Waals surface area contributed by atoms with Gasteiger partial charge in [-0.1, -0.05) is 0 Å². The molecule has 0 heterocycles. The molecule has 1 aromatic rings. The van der Waals surface area contributed by atoms with Gasteiger partial charge in [-0.15, -0.1) is 0 Å². The Bertz CT molecular complexity index is 589. The maximum atomic E-state index is 11.1. The first-order chi connectivity index (χ1) is 8.18. The van der Waals surface area contributed by atoms with Crippen LogP contribution in [0.25, 0.3) is 0 Å². The topological polar surface area (TPSA) is 124 Å². The van der Waals surface area contributed by atoms with E-state index < -0.39 is 41.8 Å². The van der Waals surface area contributed by atoms with Crippen molar-refractivity contribution in [2.75, 3.05) is 7.11 Å². The second-order valence-corrected chi connectivity index (χ2v) is 5.59. The Morgan fingerprint density at radius 2 is 2.06 bits per heavy atom. The van der Waals surface area contributed by atoms with Crippen LogP contribution in [-0.2, 0) is 9.05 Å². The number of nitro groups is 1. The van der Waals surface area contributed by atoms with Crippen LogP contribution in [0.2, 0.25) is 0 Å². The summed E-state index contributed by atoms with van der Waals surface area (Å²) >= 11 is 0. The molecule has 0 aliphatic rings. The Balaban J connectivity index is 3.76. The van der Waals surface area contributed by atoms with Crippen molar-refractivity contribution in [1.29, 1.82) is 0 Å². The second-order valence-electron chi connectivity index (χ2n) is 3.02. The Morgan fingerprint density at radius 1 is 1.50 bits per heavy atom. The minimum Gasteiger partial charge on any atom is -0.490 e. The van der Waals surface area contributed by atoms with Crippen molar-refractivity contribution < 1.29 is 28.0 Å². The summed E-state index contributed by atoms with van der Waals surface area (Å²) in [6.45, 7) is 0. The Morgan fingerprint density at radius 3 is 2.39 bits per heavy atom. The van der Waals surface area contributed by atoms with Gasteiger partial charge in [0, 0.05) is 16.7 Å². The van der Waals surface area contributed by atoms with Crippen molar-refractivity contribution in [2.24, 2.45) is 0 Å². The van der Waals surface area contributed by atoms with Crippen molar-refractivity contribution in [3.05, 3.63) is 27.8 Å². The number of hydrogen-bond acceptors (Lipinski definition) is 6. The van der Waals surface area contributed by atoms with Crippen LogP contribution < -0.4 is 4.74 Å². The molecule has 1 N–H and O–H groups in total. The van der Waals surface area contributed by atoms with Crippen LogP contribution >= 0.6 is 10.7 Å². The molecule has 0 amide bonds. The van der Waals surface area contributed by atoms with Gasteiger partial charge in [0.25, 0.3) is 9.05 Å². The first kappa shape index (κ1) is 14.2. The molecule has 18 heavy (non-hydrogen) atoms. The van der Waals surface area contributed by atoms with Gasteiger partial charge in [0.1, 0.15) is 5.56 Å². The summed E-state index contributed by atoms with van der Waals surface area (Å²) in [5.41, 5.74) is -1.46. The van der Waals surface area contributed by atoms with Crippen LogP contribution in [0.3, 0.4) is 0 Å². The van der Waals surface area contributed by atoms with Gasteiger partial charge in [-0.2, -0.15) is 0 Å². The third-order valence-corrected chi connectivity index (χ3v) is 3.29. The summed E-state index contributed by atoms with van der Waals surface area (Å²) in [5.74, 6) is -2.12. The quantitative estimate of drug-likeness (QED) is 0.503. The lowest BCUT2D eigenvalue weighted by atomic mass is 10.1. The molecule has 0 bridgehead atoms. The van der Waals surface area contributed by atoms with Gasteiger partial charge in [0.2, 0.25) is 5.75 Å². The fourth-order valence-corrected chi connectivity index (χ4v) is 2.02. The molecule has 0 spiro atoms. The molecule has 0 atom stereocenters. The Labute approximate surface area is 105 Å². The maximum absolute atomic E-state index is 11.1. The number of nitro benzene ring substituents is 1. The summed E-state index contributed by atoms with van der Waals surface area (Å²) in [5, 5.41) is 19.6. The lowest BCUT2D eigenvalue weighted by Crippen LogP contribution is -2.06. The van der Waals surface area contributed by atoms with Gasteiger partial charge in [-0.25, -0.2) is 13.2 Å². The van der Waals surface area contributed by atoms with Gasteiger partial charge in [0.15, 0.2) is 0 Å². The lowest BCUT2D eigenvalue weighted by Gasteiger charge is -2.07. The summed E-state index contributed by atoms with van der Waals surface area (Å²) < 4.78 is 26.8. The van der Waals surface area contributed by atoms with Crippen LogP contribution in [-0.4, -0.2) is 31.5 Å². The zero-order valence-electron chi connectivity index (χ0n) is 8.78. The maximum Gasteiger partial charge on any atom is 0.339 e. The van der Waals surface area contributed by atoms with Crippen molar-refractivity contribution in [2.45, 2.75) is 4.90 Å². The molecule has 0 fully saturated rings. The SMILES string of the molecule is COc1c(C(=O)O)cc(S(=O)(=O)Cl)cc1[N+](=O)[O-]. The largest absolute Gasteiger partial charge is 0.490 e. The fraction of sp³-hybridized carbons (Fsp3) is 0.125. The van der Waals surface area contributed by atoms with E-state index in [9.17, 15) is 23.3 Å². The Hall–Kier alpha value is -1.87. The zero-order chi connectivity index (χ0) is 14.1. The van der Waals surface area contributed by atoms with Crippen molar-refractivity contribution >= 4 is 31.4 Å². The van der Waals surface area contributed by atoms with E-state index in [-0.39, 0.29) is 0 Å². The van der Waals surface area contributed by atoms with Gasteiger partial charge in [0.05, 0.1) is 16.9 Å². The molecule has 0 unspecified atom stereocenters. The fourth-order valence-electron chi connectivity index (χ4n) is 1.24. The van der Waals surface area contributed by atoms with E-state index in [1.54, 1.807) is 0 Å².